The van der Waals surface area contributed by atoms with E-state index in [1.165, 1.54) is 11.4 Å². The summed E-state index contributed by atoms with van der Waals surface area (Å²) >= 11 is 0. The molecule has 14 heavy (non-hydrogen) atoms. The molecular weight excluding hydrogens is 203 g/mol. The molecule has 0 radical (unpaired) electrons. The smallest absolute Gasteiger partial charge is 0.329 e. The first-order valence-corrected chi connectivity index (χ1v) is 3.36. The van der Waals surface area contributed by atoms with Gasteiger partial charge >= 0.3 is 12.2 Å². The van der Waals surface area contributed by atoms with E-state index in [-0.39, 0.29) is 0 Å². The summed E-state index contributed by atoms with van der Waals surface area (Å²) in [5.74, 6) is -0.952. The fourth-order valence-electron chi connectivity index (χ4n) is 0.467. The minimum Gasteiger partial charge on any atom is -0.329 e. The summed E-state index contributed by atoms with van der Waals surface area (Å²) in [7, 11) is 0. The number of carbonyl (C=O) groups excluding carboxylic acids is 2. The Morgan fingerprint density at radius 1 is 1.36 bits per heavy atom. The highest BCUT2D eigenvalue weighted by Crippen LogP contribution is 2.11. The van der Waals surface area contributed by atoms with Crippen LogP contribution in [0, 0.1) is 11.3 Å². The lowest BCUT2D eigenvalue weighted by molar-refractivity contribution is -0.124. The van der Waals surface area contributed by atoms with E-state index in [2.05, 4.69) is 0 Å². The number of imide groups is 1. The Balaban J connectivity index is 3.78. The number of halogens is 3. The maximum absolute atomic E-state index is 11.5. The van der Waals surface area contributed by atoms with E-state index < -0.39 is 31.1 Å². The third kappa shape index (κ3) is 6.90. The van der Waals surface area contributed by atoms with Gasteiger partial charge in [-0.3, -0.25) is 10.1 Å². The Morgan fingerprint density at radius 3 is 2.36 bits per heavy atom. The summed E-state index contributed by atoms with van der Waals surface area (Å²) in [5, 5.41) is 10.9. The summed E-state index contributed by atoms with van der Waals surface area (Å²) < 4.78 is 34.6. The molecule has 0 aromatic heterocycles. The summed E-state index contributed by atoms with van der Waals surface area (Å²) in [6.45, 7) is -1.53. The van der Waals surface area contributed by atoms with Gasteiger partial charge in [-0.1, -0.05) is 0 Å². The van der Waals surface area contributed by atoms with Crippen molar-refractivity contribution in [2.24, 2.45) is 0 Å². The lowest BCUT2D eigenvalue weighted by Crippen LogP contribution is -2.43. The number of urea groups is 1. The van der Waals surface area contributed by atoms with Crippen LogP contribution in [-0.2, 0) is 4.79 Å². The lowest BCUT2D eigenvalue weighted by Gasteiger charge is -2.07. The molecule has 0 spiro atoms. The number of nitrogens with zero attached hydrogens (tertiary/aromatic N) is 1. The van der Waals surface area contributed by atoms with Gasteiger partial charge in [0.05, 0.1) is 6.07 Å². The van der Waals surface area contributed by atoms with Crippen molar-refractivity contribution < 1.29 is 22.8 Å². The molecule has 0 saturated carbocycles. The number of carbonyl (C=O) groups is 2. The number of nitriles is 1. The Hall–Kier alpha value is -1.78. The van der Waals surface area contributed by atoms with E-state index in [0.29, 0.717) is 0 Å². The third-order valence-electron chi connectivity index (χ3n) is 0.942. The fraction of sp³-hybridized carbons (Fsp3) is 0.500. The maximum atomic E-state index is 11.5. The summed E-state index contributed by atoms with van der Waals surface area (Å²) in [6.07, 6.45) is -5.12. The second-order valence-corrected chi connectivity index (χ2v) is 2.18. The molecule has 0 fully saturated rings. The zero-order valence-electron chi connectivity index (χ0n) is 6.81. The van der Waals surface area contributed by atoms with Gasteiger partial charge in [0.1, 0.15) is 13.0 Å². The van der Waals surface area contributed by atoms with Crippen LogP contribution in [0.4, 0.5) is 18.0 Å². The summed E-state index contributed by atoms with van der Waals surface area (Å²) in [5.41, 5.74) is 0. The molecule has 0 unspecified atom stereocenters. The first-order chi connectivity index (χ1) is 6.35. The molecule has 3 amide bonds. The minimum absolute atomic E-state index is 0.584. The van der Waals surface area contributed by atoms with Gasteiger partial charge in [-0.25, -0.2) is 4.79 Å². The van der Waals surface area contributed by atoms with Crippen LogP contribution in [0.25, 0.3) is 0 Å². The molecule has 5 nitrogen and oxygen atoms in total. The Morgan fingerprint density at radius 2 is 1.93 bits per heavy atom. The molecule has 0 aromatic carbocycles. The van der Waals surface area contributed by atoms with Crippen LogP contribution in [-0.4, -0.2) is 24.7 Å². The lowest BCUT2D eigenvalue weighted by atomic mass is 10.4. The molecule has 0 saturated heterocycles. The average Bonchev–Trinajstić information content (AvgIpc) is 2.00. The van der Waals surface area contributed by atoms with Gasteiger partial charge in [-0.15, -0.1) is 0 Å². The molecule has 0 bridgehead atoms. The average molecular weight is 209 g/mol. The molecule has 0 atom stereocenters. The van der Waals surface area contributed by atoms with Gasteiger partial charge < -0.3 is 5.32 Å². The second kappa shape index (κ2) is 5.06. The Bertz CT molecular complexity index is 268. The first kappa shape index (κ1) is 12.2. The molecule has 0 aromatic rings. The van der Waals surface area contributed by atoms with Gasteiger partial charge in [0.2, 0.25) is 5.91 Å². The normalized spacial score (nSPS) is 10.1. The van der Waals surface area contributed by atoms with Crippen molar-refractivity contribution in [2.45, 2.75) is 12.6 Å². The number of hydrogen-bond acceptors (Lipinski definition) is 3. The highest BCUT2D eigenvalue weighted by Gasteiger charge is 2.27. The van der Waals surface area contributed by atoms with E-state index in [4.69, 9.17) is 5.26 Å². The van der Waals surface area contributed by atoms with Gasteiger partial charge in [0.25, 0.3) is 0 Å². The number of rotatable bonds is 2. The Labute approximate surface area is 76.9 Å². The van der Waals surface area contributed by atoms with Crippen molar-refractivity contribution in [1.29, 1.82) is 5.26 Å². The van der Waals surface area contributed by atoms with Crippen LogP contribution >= 0.6 is 0 Å². The zero-order valence-corrected chi connectivity index (χ0v) is 6.81. The van der Waals surface area contributed by atoms with Crippen LogP contribution in [0.15, 0.2) is 0 Å². The van der Waals surface area contributed by atoms with Gasteiger partial charge in [-0.05, 0) is 0 Å². The number of amides is 3. The quantitative estimate of drug-likeness (QED) is 0.685. The molecule has 0 heterocycles. The van der Waals surface area contributed by atoms with E-state index >= 15 is 0 Å². The van der Waals surface area contributed by atoms with Crippen molar-refractivity contribution >= 4 is 11.9 Å². The molecular formula is C6H6F3N3O2. The van der Waals surface area contributed by atoms with E-state index in [9.17, 15) is 22.8 Å². The highest BCUT2D eigenvalue weighted by atomic mass is 19.4. The molecule has 78 valence electrons. The predicted molar refractivity (Wildman–Crippen MR) is 37.8 cm³/mol. The maximum Gasteiger partial charge on any atom is 0.405 e. The van der Waals surface area contributed by atoms with Crippen molar-refractivity contribution in [1.82, 2.24) is 10.6 Å². The summed E-state index contributed by atoms with van der Waals surface area (Å²) in [4.78, 5) is 21.0. The van der Waals surface area contributed by atoms with Crippen molar-refractivity contribution in [3.05, 3.63) is 0 Å². The standard InChI is InChI=1S/C6H6F3N3O2/c7-6(8,9)3-11-5(14)12-4(13)1-2-10/h1,3H2,(H2,11,12,13,14). The number of hydrogen-bond donors (Lipinski definition) is 2. The third-order valence-corrected chi connectivity index (χ3v) is 0.942. The van der Waals surface area contributed by atoms with Crippen LogP contribution in [0.3, 0.4) is 0 Å². The largest absolute Gasteiger partial charge is 0.405 e. The topological polar surface area (TPSA) is 82.0 Å². The highest BCUT2D eigenvalue weighted by molar-refractivity contribution is 5.95. The van der Waals surface area contributed by atoms with Crippen molar-refractivity contribution in [3.8, 4) is 6.07 Å². The fourth-order valence-corrected chi connectivity index (χ4v) is 0.467. The molecule has 8 heteroatoms. The SMILES string of the molecule is N#CCC(=O)NC(=O)NCC(F)(F)F. The second-order valence-electron chi connectivity index (χ2n) is 2.18. The van der Waals surface area contributed by atoms with Crippen molar-refractivity contribution in [3.63, 3.8) is 0 Å². The zero-order chi connectivity index (χ0) is 11.2. The van der Waals surface area contributed by atoms with E-state index in [0.717, 1.165) is 0 Å². The van der Waals surface area contributed by atoms with Crippen molar-refractivity contribution in [2.75, 3.05) is 6.54 Å². The van der Waals surface area contributed by atoms with Crippen LogP contribution < -0.4 is 10.6 Å². The molecule has 0 aliphatic heterocycles. The molecule has 2 N–H and O–H groups in total. The molecule has 0 rings (SSSR count). The van der Waals surface area contributed by atoms with Crippen LogP contribution in [0.1, 0.15) is 6.42 Å². The predicted octanol–water partition coefficient (Wildman–Crippen LogP) is 0.288. The monoisotopic (exact) mass is 209 g/mol. The van der Waals surface area contributed by atoms with Gasteiger partial charge in [-0.2, -0.15) is 18.4 Å². The Kier molecular flexibility index (Phi) is 4.42. The van der Waals surface area contributed by atoms with Gasteiger partial charge in [0, 0.05) is 0 Å². The minimum atomic E-state index is -4.53. The number of alkyl halides is 3. The first-order valence-electron chi connectivity index (χ1n) is 3.36. The van der Waals surface area contributed by atoms with E-state index in [1.54, 1.807) is 5.32 Å². The molecule has 0 aliphatic carbocycles. The van der Waals surface area contributed by atoms with Crippen LogP contribution in [0.2, 0.25) is 0 Å². The molecule has 0 aliphatic rings. The van der Waals surface area contributed by atoms with E-state index in [1.807, 2.05) is 0 Å². The number of nitrogens with one attached hydrogen (secondary N) is 2. The van der Waals surface area contributed by atoms with Gasteiger partial charge in [0.15, 0.2) is 0 Å². The van der Waals surface area contributed by atoms with Crippen LogP contribution in [0.5, 0.6) is 0 Å². The summed E-state index contributed by atoms with van der Waals surface area (Å²) in [6, 6.07) is 0.156.